The summed E-state index contributed by atoms with van der Waals surface area (Å²) in [7, 11) is 1.76. The van der Waals surface area contributed by atoms with Crippen LogP contribution in [0.15, 0.2) is 59.8 Å². The van der Waals surface area contributed by atoms with Gasteiger partial charge in [0.2, 0.25) is 11.1 Å². The summed E-state index contributed by atoms with van der Waals surface area (Å²) in [5.41, 5.74) is 0.849. The summed E-state index contributed by atoms with van der Waals surface area (Å²) in [5, 5.41) is 12.3. The molecule has 0 aliphatic carbocycles. The van der Waals surface area contributed by atoms with Crippen molar-refractivity contribution in [1.82, 2.24) is 25.1 Å². The summed E-state index contributed by atoms with van der Waals surface area (Å²) in [6.07, 6.45) is -0.205. The number of thioether (sulfide) groups is 1. The average Bonchev–Trinajstić information content (AvgIpc) is 3.21. The molecule has 1 aliphatic heterocycles. The van der Waals surface area contributed by atoms with Gasteiger partial charge in [-0.2, -0.15) is 4.68 Å². The molecule has 0 unspecified atom stereocenters. The molecule has 1 aromatic heterocycles. The third-order valence-electron chi connectivity index (χ3n) is 4.24. The first-order valence-corrected chi connectivity index (χ1v) is 9.78. The van der Waals surface area contributed by atoms with Gasteiger partial charge in [0, 0.05) is 7.05 Å². The van der Waals surface area contributed by atoms with E-state index in [9.17, 15) is 4.79 Å². The van der Waals surface area contributed by atoms with Crippen LogP contribution in [0.4, 0.5) is 0 Å². The number of tetrazole rings is 1. The number of nitrogens with zero attached hydrogens (tertiary/aromatic N) is 5. The molecule has 8 nitrogen and oxygen atoms in total. The van der Waals surface area contributed by atoms with Gasteiger partial charge in [0.1, 0.15) is 6.61 Å². The fraction of sp³-hybridized carbons (Fsp3) is 0.263. The fourth-order valence-electron chi connectivity index (χ4n) is 2.80. The second kappa shape index (κ2) is 8.30. The molecule has 1 amide bonds. The number of amides is 1. The maximum absolute atomic E-state index is 12.5. The van der Waals surface area contributed by atoms with Gasteiger partial charge in [0.05, 0.1) is 18.0 Å². The third-order valence-corrected chi connectivity index (χ3v) is 5.14. The third kappa shape index (κ3) is 4.09. The van der Waals surface area contributed by atoms with E-state index in [1.165, 1.54) is 11.8 Å². The molecule has 0 fully saturated rings. The van der Waals surface area contributed by atoms with Gasteiger partial charge in [0.25, 0.3) is 0 Å². The Morgan fingerprint density at radius 1 is 1.18 bits per heavy atom. The molecule has 0 bridgehead atoms. The minimum Gasteiger partial charge on any atom is -0.486 e. The van der Waals surface area contributed by atoms with Crippen molar-refractivity contribution < 1.29 is 14.3 Å². The Kier molecular flexibility index (Phi) is 5.43. The minimum atomic E-state index is -0.205. The number of likely N-dealkylation sites (N-methyl/N-ethyl adjacent to an activating group) is 1. The predicted octanol–water partition coefficient (Wildman–Crippen LogP) is 2.05. The second-order valence-corrected chi connectivity index (χ2v) is 7.21. The Labute approximate surface area is 166 Å². The lowest BCUT2D eigenvalue weighted by molar-refractivity contribution is -0.128. The summed E-state index contributed by atoms with van der Waals surface area (Å²) in [6.45, 7) is 0.853. The van der Waals surface area contributed by atoms with Gasteiger partial charge in [-0.3, -0.25) is 4.79 Å². The lowest BCUT2D eigenvalue weighted by atomic mass is 10.2. The molecule has 144 valence electrons. The summed E-state index contributed by atoms with van der Waals surface area (Å²) < 4.78 is 13.2. The lowest BCUT2D eigenvalue weighted by Crippen LogP contribution is -2.42. The van der Waals surface area contributed by atoms with Crippen LogP contribution in [0.5, 0.6) is 11.5 Å². The van der Waals surface area contributed by atoms with E-state index in [1.54, 1.807) is 16.6 Å². The van der Waals surface area contributed by atoms with Crippen molar-refractivity contribution in [2.24, 2.45) is 0 Å². The first kappa shape index (κ1) is 18.3. The molecule has 0 spiro atoms. The van der Waals surface area contributed by atoms with Crippen LogP contribution in [0.3, 0.4) is 0 Å². The van der Waals surface area contributed by atoms with Crippen molar-refractivity contribution in [3.05, 3.63) is 54.6 Å². The largest absolute Gasteiger partial charge is 0.486 e. The number of benzene rings is 2. The van der Waals surface area contributed by atoms with Crippen molar-refractivity contribution >= 4 is 17.7 Å². The van der Waals surface area contributed by atoms with E-state index in [1.807, 2.05) is 54.6 Å². The molecule has 0 N–H and O–H groups in total. The van der Waals surface area contributed by atoms with Crippen molar-refractivity contribution in [1.29, 1.82) is 0 Å². The van der Waals surface area contributed by atoms with Crippen LogP contribution >= 0.6 is 11.8 Å². The molecule has 0 radical (unpaired) electrons. The maximum Gasteiger partial charge on any atom is 0.232 e. The zero-order valence-corrected chi connectivity index (χ0v) is 16.1. The standard InChI is InChI=1S/C19H19N5O3S/c1-23(11-15-12-26-16-9-5-6-10-17(16)27-15)18(25)13-28-19-20-21-22-24(19)14-7-3-2-4-8-14/h2-10,15H,11-13H2,1H3/t15-/m0/s1. The average molecular weight is 397 g/mol. The van der Waals surface area contributed by atoms with E-state index in [-0.39, 0.29) is 17.8 Å². The van der Waals surface area contributed by atoms with Crippen molar-refractivity contribution in [3.63, 3.8) is 0 Å². The van der Waals surface area contributed by atoms with Gasteiger partial charge in [-0.25, -0.2) is 0 Å². The van der Waals surface area contributed by atoms with E-state index in [0.29, 0.717) is 24.1 Å². The van der Waals surface area contributed by atoms with Crippen LogP contribution in [0.1, 0.15) is 0 Å². The van der Waals surface area contributed by atoms with E-state index in [2.05, 4.69) is 15.5 Å². The molecule has 4 rings (SSSR count). The predicted molar refractivity (Wildman–Crippen MR) is 104 cm³/mol. The quantitative estimate of drug-likeness (QED) is 0.589. The summed E-state index contributed by atoms with van der Waals surface area (Å²) in [4.78, 5) is 14.2. The number of rotatable bonds is 6. The highest BCUT2D eigenvalue weighted by Crippen LogP contribution is 2.31. The molecule has 9 heteroatoms. The van der Waals surface area contributed by atoms with Gasteiger partial charge in [-0.05, 0) is 34.7 Å². The van der Waals surface area contributed by atoms with E-state index >= 15 is 0 Å². The monoisotopic (exact) mass is 397 g/mol. The van der Waals surface area contributed by atoms with Crippen molar-refractivity contribution in [3.8, 4) is 17.2 Å². The normalized spacial score (nSPS) is 15.2. The Balaban J connectivity index is 1.32. The number of fused-ring (bicyclic) bond motifs is 1. The molecule has 0 saturated heterocycles. The number of carbonyl (C=O) groups excluding carboxylic acids is 1. The van der Waals surface area contributed by atoms with Gasteiger partial charge in [-0.15, -0.1) is 5.10 Å². The zero-order chi connectivity index (χ0) is 19.3. The van der Waals surface area contributed by atoms with Crippen LogP contribution in [-0.2, 0) is 4.79 Å². The summed E-state index contributed by atoms with van der Waals surface area (Å²) in [6, 6.07) is 17.1. The van der Waals surface area contributed by atoms with E-state index < -0.39 is 0 Å². The number of para-hydroxylation sites is 3. The molecule has 2 aromatic carbocycles. The molecular formula is C19H19N5O3S. The molecule has 0 saturated carbocycles. The first-order valence-electron chi connectivity index (χ1n) is 8.80. The Morgan fingerprint density at radius 3 is 2.75 bits per heavy atom. The highest BCUT2D eigenvalue weighted by molar-refractivity contribution is 7.99. The maximum atomic E-state index is 12.5. The number of carbonyl (C=O) groups is 1. The number of hydrogen-bond acceptors (Lipinski definition) is 7. The van der Waals surface area contributed by atoms with Crippen molar-refractivity contribution in [2.75, 3.05) is 26.0 Å². The number of ether oxygens (including phenoxy) is 2. The molecule has 2 heterocycles. The SMILES string of the molecule is CN(C[C@H]1COc2ccccc2O1)C(=O)CSc1nnnn1-c1ccccc1. The van der Waals surface area contributed by atoms with Gasteiger partial charge < -0.3 is 14.4 Å². The molecule has 1 aliphatic rings. The second-order valence-electron chi connectivity index (χ2n) is 6.27. The molecule has 1 atom stereocenters. The Bertz CT molecular complexity index is 950. The van der Waals surface area contributed by atoms with E-state index in [4.69, 9.17) is 9.47 Å². The molecule has 3 aromatic rings. The molecule has 28 heavy (non-hydrogen) atoms. The lowest BCUT2D eigenvalue weighted by Gasteiger charge is -2.29. The number of hydrogen-bond donors (Lipinski definition) is 0. The Morgan fingerprint density at radius 2 is 1.93 bits per heavy atom. The first-order chi connectivity index (χ1) is 13.7. The van der Waals surface area contributed by atoms with Gasteiger partial charge >= 0.3 is 0 Å². The van der Waals surface area contributed by atoms with Crippen LogP contribution < -0.4 is 9.47 Å². The van der Waals surface area contributed by atoms with Crippen LogP contribution in [0.2, 0.25) is 0 Å². The summed E-state index contributed by atoms with van der Waals surface area (Å²) >= 11 is 1.30. The van der Waals surface area contributed by atoms with Crippen LogP contribution in [0, 0.1) is 0 Å². The highest BCUT2D eigenvalue weighted by atomic mass is 32.2. The highest BCUT2D eigenvalue weighted by Gasteiger charge is 2.24. The summed E-state index contributed by atoms with van der Waals surface area (Å²) in [5.74, 6) is 1.63. The Hall–Kier alpha value is -3.07. The van der Waals surface area contributed by atoms with Crippen molar-refractivity contribution in [2.45, 2.75) is 11.3 Å². The number of aromatic nitrogens is 4. The zero-order valence-electron chi connectivity index (χ0n) is 15.3. The van der Waals surface area contributed by atoms with Crippen LogP contribution in [0.25, 0.3) is 5.69 Å². The fourth-order valence-corrected chi connectivity index (χ4v) is 3.63. The van der Waals surface area contributed by atoms with Crippen LogP contribution in [-0.4, -0.2) is 63.1 Å². The minimum absolute atomic E-state index is 0.0323. The topological polar surface area (TPSA) is 82.4 Å². The molecular weight excluding hydrogens is 378 g/mol. The van der Waals surface area contributed by atoms with E-state index in [0.717, 1.165) is 11.4 Å². The van der Waals surface area contributed by atoms with Gasteiger partial charge in [0.15, 0.2) is 17.6 Å². The van der Waals surface area contributed by atoms with Gasteiger partial charge in [-0.1, -0.05) is 42.1 Å². The smallest absolute Gasteiger partial charge is 0.232 e.